The molecule has 2 amide bonds. The second-order valence-corrected chi connectivity index (χ2v) is 11.0. The van der Waals surface area contributed by atoms with Gasteiger partial charge in [-0.25, -0.2) is 18.7 Å². The van der Waals surface area contributed by atoms with Crippen molar-refractivity contribution in [3.63, 3.8) is 0 Å². The Hall–Kier alpha value is -2.87. The maximum atomic E-state index is 13.5. The van der Waals surface area contributed by atoms with E-state index in [1.807, 2.05) is 24.1 Å². The van der Waals surface area contributed by atoms with Gasteiger partial charge in [-0.1, -0.05) is 13.8 Å². The number of thiazole rings is 1. The first kappa shape index (κ1) is 31.7. The number of pyridine rings is 1. The SMILES string of the molecule is CC.Cc1nc(C(=O)N2CC(C)(O)C2)sc1-c1cnc(NCC(F)(F)F)cc1C(F)F.O=CN1C2CCC1CC2. The van der Waals surface area contributed by atoms with Gasteiger partial charge in [-0.05, 0) is 45.6 Å². The van der Waals surface area contributed by atoms with Crippen LogP contribution in [0.1, 0.15) is 73.9 Å². The quantitative estimate of drug-likeness (QED) is 0.344. The minimum atomic E-state index is -4.52. The van der Waals surface area contributed by atoms with E-state index >= 15 is 0 Å². The fourth-order valence-corrected chi connectivity index (χ4v) is 6.11. The molecule has 3 aliphatic heterocycles. The van der Waals surface area contributed by atoms with E-state index in [-0.39, 0.29) is 34.4 Å². The van der Waals surface area contributed by atoms with Crippen LogP contribution in [0.15, 0.2) is 12.3 Å². The molecule has 222 valence electrons. The van der Waals surface area contributed by atoms with Crippen LogP contribution in [0.2, 0.25) is 0 Å². The van der Waals surface area contributed by atoms with Crippen molar-refractivity contribution >= 4 is 29.5 Å². The molecular formula is C26H34F5N5O3S. The van der Waals surface area contributed by atoms with Crippen molar-refractivity contribution < 1.29 is 36.6 Å². The van der Waals surface area contributed by atoms with Crippen LogP contribution in [-0.2, 0) is 4.79 Å². The summed E-state index contributed by atoms with van der Waals surface area (Å²) < 4.78 is 64.1. The van der Waals surface area contributed by atoms with Gasteiger partial charge >= 0.3 is 6.18 Å². The Labute approximate surface area is 233 Å². The van der Waals surface area contributed by atoms with E-state index in [1.165, 1.54) is 30.6 Å². The largest absolute Gasteiger partial charge is 0.405 e. The summed E-state index contributed by atoms with van der Waals surface area (Å²) in [6.45, 7) is 6.01. The van der Waals surface area contributed by atoms with Crippen molar-refractivity contribution in [2.75, 3.05) is 25.0 Å². The van der Waals surface area contributed by atoms with E-state index in [2.05, 4.69) is 9.97 Å². The lowest BCUT2D eigenvalue weighted by Gasteiger charge is -2.43. The number of fused-ring (bicyclic) bond motifs is 2. The molecule has 8 nitrogen and oxygen atoms in total. The topological polar surface area (TPSA) is 98.7 Å². The van der Waals surface area contributed by atoms with E-state index in [0.717, 1.165) is 30.0 Å². The first-order chi connectivity index (χ1) is 18.8. The number of anilines is 1. The van der Waals surface area contributed by atoms with Gasteiger partial charge in [-0.15, -0.1) is 11.3 Å². The smallest absolute Gasteiger partial charge is 0.386 e. The fraction of sp³-hybridized carbons (Fsp3) is 0.615. The Bertz CT molecular complexity index is 1160. The molecule has 3 fully saturated rings. The van der Waals surface area contributed by atoms with E-state index in [9.17, 15) is 36.6 Å². The van der Waals surface area contributed by atoms with E-state index in [1.54, 1.807) is 13.8 Å². The van der Waals surface area contributed by atoms with E-state index in [4.69, 9.17) is 0 Å². The lowest BCUT2D eigenvalue weighted by Crippen LogP contribution is -2.61. The average molecular weight is 592 g/mol. The number of β-amino-alcohol motifs (C(OH)–C–C–N with tert-alkyl or cyclic N) is 1. The molecule has 2 aromatic heterocycles. The molecule has 0 radical (unpaired) electrons. The molecule has 3 saturated heterocycles. The number of nitrogens with one attached hydrogen (secondary N) is 1. The van der Waals surface area contributed by atoms with Gasteiger partial charge in [0.2, 0.25) is 6.41 Å². The molecule has 5 rings (SSSR count). The zero-order valence-corrected chi connectivity index (χ0v) is 23.6. The standard InChI is InChI=1S/C17H17F5N4O2S.C7H11NO.C2H6/c1-8-12(29-14(25-8)15(27)26-6-16(2,28)7-26)10-4-23-11(3-9(10)13(18)19)24-5-17(20,21)22;9-5-8-6-1-2-7(8)4-3-6;1-2/h3-4,13,28H,5-7H2,1-2H3,(H,23,24);5-7H,1-4H2;1-2H3. The van der Waals surface area contributed by atoms with Gasteiger partial charge in [-0.3, -0.25) is 9.59 Å². The van der Waals surface area contributed by atoms with Crippen LogP contribution in [0.5, 0.6) is 0 Å². The first-order valence-corrected chi connectivity index (χ1v) is 13.9. The maximum Gasteiger partial charge on any atom is 0.405 e. The summed E-state index contributed by atoms with van der Waals surface area (Å²) in [7, 11) is 0. The highest BCUT2D eigenvalue weighted by atomic mass is 32.1. The predicted molar refractivity (Wildman–Crippen MR) is 141 cm³/mol. The average Bonchev–Trinajstić information content (AvgIpc) is 3.60. The van der Waals surface area contributed by atoms with Gasteiger partial charge in [0.25, 0.3) is 12.3 Å². The Balaban J connectivity index is 0.000000333. The number of aromatic nitrogens is 2. The van der Waals surface area contributed by atoms with E-state index < -0.39 is 36.2 Å². The second-order valence-electron chi connectivity index (χ2n) is 10.0. The van der Waals surface area contributed by atoms with Crippen LogP contribution in [-0.4, -0.2) is 80.7 Å². The minimum Gasteiger partial charge on any atom is -0.386 e. The second kappa shape index (κ2) is 12.8. The number of alkyl halides is 5. The summed E-state index contributed by atoms with van der Waals surface area (Å²) in [5.41, 5.74) is -1.15. The first-order valence-electron chi connectivity index (χ1n) is 13.1. The molecule has 2 N–H and O–H groups in total. The van der Waals surface area contributed by atoms with Crippen LogP contribution < -0.4 is 5.32 Å². The number of rotatable bonds is 6. The molecule has 2 bridgehead atoms. The summed E-state index contributed by atoms with van der Waals surface area (Å²) in [5, 5.41) is 11.8. The number of likely N-dealkylation sites (tertiary alicyclic amines) is 1. The fourth-order valence-electron chi connectivity index (χ4n) is 5.05. The summed E-state index contributed by atoms with van der Waals surface area (Å²) in [5.74, 6) is -0.756. The van der Waals surface area contributed by atoms with Crippen molar-refractivity contribution in [2.45, 2.75) is 83.7 Å². The molecule has 0 saturated carbocycles. The van der Waals surface area contributed by atoms with Crippen LogP contribution in [0, 0.1) is 6.92 Å². The number of nitrogens with zero attached hydrogens (tertiary/aromatic N) is 4. The molecule has 3 aliphatic rings. The predicted octanol–water partition coefficient (Wildman–Crippen LogP) is 5.43. The van der Waals surface area contributed by atoms with Gasteiger partial charge in [0.05, 0.1) is 29.3 Å². The van der Waals surface area contributed by atoms with Crippen LogP contribution in [0.4, 0.5) is 27.8 Å². The van der Waals surface area contributed by atoms with Crippen LogP contribution >= 0.6 is 11.3 Å². The molecule has 5 heterocycles. The number of hydrogen-bond donors (Lipinski definition) is 2. The molecule has 0 spiro atoms. The van der Waals surface area contributed by atoms with Crippen LogP contribution in [0.3, 0.4) is 0 Å². The lowest BCUT2D eigenvalue weighted by atomic mass is 9.97. The van der Waals surface area contributed by atoms with Gasteiger partial charge in [0.1, 0.15) is 12.4 Å². The number of carbonyl (C=O) groups is 2. The number of hydrogen-bond acceptors (Lipinski definition) is 7. The molecule has 14 heteroatoms. The summed E-state index contributed by atoms with van der Waals surface area (Å²) in [6, 6.07) is 2.10. The van der Waals surface area contributed by atoms with E-state index in [0.29, 0.717) is 17.8 Å². The number of carbonyl (C=O) groups excluding carboxylic acids is 2. The highest BCUT2D eigenvalue weighted by Gasteiger charge is 2.41. The molecule has 0 aliphatic carbocycles. The number of aliphatic hydroxyl groups is 1. The van der Waals surface area contributed by atoms with Gasteiger partial charge in [0.15, 0.2) is 5.01 Å². The van der Waals surface area contributed by atoms with Crippen molar-refractivity contribution in [2.24, 2.45) is 0 Å². The van der Waals surface area contributed by atoms with Crippen molar-refractivity contribution in [3.8, 4) is 10.4 Å². The molecule has 0 unspecified atom stereocenters. The number of halogens is 5. The zero-order valence-electron chi connectivity index (χ0n) is 22.8. The summed E-state index contributed by atoms with van der Waals surface area (Å²) in [4.78, 5) is 34.4. The third-order valence-electron chi connectivity index (χ3n) is 6.85. The monoisotopic (exact) mass is 591 g/mol. The molecule has 0 aromatic carbocycles. The van der Waals surface area contributed by atoms with Gasteiger partial charge < -0.3 is 20.2 Å². The molecule has 0 atom stereocenters. The number of amides is 2. The van der Waals surface area contributed by atoms with Crippen molar-refractivity contribution in [3.05, 3.63) is 28.5 Å². The molecule has 2 aromatic rings. The minimum absolute atomic E-state index is 0.00205. The van der Waals surface area contributed by atoms with Gasteiger partial charge in [-0.2, -0.15) is 13.2 Å². The zero-order chi connectivity index (χ0) is 29.8. The number of aryl methyl sites for hydroxylation is 1. The molecular weight excluding hydrogens is 557 g/mol. The normalized spacial score (nSPS) is 20.8. The summed E-state index contributed by atoms with van der Waals surface area (Å²) in [6.07, 6.45) is -0.403. The van der Waals surface area contributed by atoms with Crippen molar-refractivity contribution in [1.29, 1.82) is 0 Å². The Kier molecular flexibility index (Phi) is 10.1. The maximum absolute atomic E-state index is 13.5. The Morgan fingerprint density at radius 3 is 2.25 bits per heavy atom. The third-order valence-corrected chi connectivity index (χ3v) is 8.03. The van der Waals surface area contributed by atoms with Crippen LogP contribution in [0.25, 0.3) is 10.4 Å². The Morgan fingerprint density at radius 2 is 1.80 bits per heavy atom. The highest BCUT2D eigenvalue weighted by molar-refractivity contribution is 7.17. The third kappa shape index (κ3) is 7.45. The van der Waals surface area contributed by atoms with Gasteiger partial charge in [0, 0.05) is 29.4 Å². The van der Waals surface area contributed by atoms with Crippen molar-refractivity contribution in [1.82, 2.24) is 19.8 Å². The Morgan fingerprint density at radius 1 is 1.23 bits per heavy atom. The summed E-state index contributed by atoms with van der Waals surface area (Å²) >= 11 is 0.896. The molecule has 40 heavy (non-hydrogen) atoms. The lowest BCUT2D eigenvalue weighted by molar-refractivity contribution is -0.119. The highest BCUT2D eigenvalue weighted by Crippen LogP contribution is 2.38.